The van der Waals surface area contributed by atoms with Gasteiger partial charge in [-0.15, -0.1) is 0 Å². The average Bonchev–Trinajstić information content (AvgIpc) is 3.08. The molecule has 2 saturated heterocycles. The molecule has 2 amide bonds. The summed E-state index contributed by atoms with van der Waals surface area (Å²) in [6, 6.07) is 7.66. The third kappa shape index (κ3) is 4.43. The summed E-state index contributed by atoms with van der Waals surface area (Å²) in [5.74, 6) is 0.495. The van der Waals surface area contributed by atoms with Gasteiger partial charge < -0.3 is 15.0 Å². The van der Waals surface area contributed by atoms with Crippen LogP contribution in [0.4, 0.5) is 5.69 Å². The van der Waals surface area contributed by atoms with E-state index in [1.54, 1.807) is 11.0 Å². The fourth-order valence-corrected chi connectivity index (χ4v) is 3.73. The van der Waals surface area contributed by atoms with Crippen molar-refractivity contribution in [3.63, 3.8) is 0 Å². The van der Waals surface area contributed by atoms with Crippen molar-refractivity contribution in [3.8, 4) is 0 Å². The van der Waals surface area contributed by atoms with Gasteiger partial charge in [-0.2, -0.15) is 0 Å². The van der Waals surface area contributed by atoms with Gasteiger partial charge in [-0.3, -0.25) is 14.5 Å². The van der Waals surface area contributed by atoms with Crippen LogP contribution in [0.1, 0.15) is 37.0 Å². The average molecular weight is 359 g/mol. The van der Waals surface area contributed by atoms with Gasteiger partial charge >= 0.3 is 0 Å². The highest BCUT2D eigenvalue weighted by Crippen LogP contribution is 2.22. The number of rotatable bonds is 6. The Morgan fingerprint density at radius 2 is 2.00 bits per heavy atom. The molecule has 6 heteroatoms. The van der Waals surface area contributed by atoms with Gasteiger partial charge in [-0.25, -0.2) is 0 Å². The van der Waals surface area contributed by atoms with Gasteiger partial charge in [0.25, 0.3) is 5.91 Å². The quantitative estimate of drug-likeness (QED) is 0.843. The molecule has 2 fully saturated rings. The predicted molar refractivity (Wildman–Crippen MR) is 101 cm³/mol. The van der Waals surface area contributed by atoms with Crippen molar-refractivity contribution in [2.45, 2.75) is 32.7 Å². The molecule has 0 aliphatic carbocycles. The molecule has 0 aromatic heterocycles. The van der Waals surface area contributed by atoms with Crippen molar-refractivity contribution >= 4 is 17.5 Å². The van der Waals surface area contributed by atoms with Gasteiger partial charge in [0, 0.05) is 49.9 Å². The Labute approximate surface area is 155 Å². The number of benzene rings is 1. The summed E-state index contributed by atoms with van der Waals surface area (Å²) in [5.41, 5.74) is 1.42. The molecule has 1 aromatic carbocycles. The molecule has 2 aliphatic heterocycles. The highest BCUT2D eigenvalue weighted by atomic mass is 16.5. The van der Waals surface area contributed by atoms with Gasteiger partial charge in [-0.05, 0) is 30.5 Å². The first kappa shape index (κ1) is 18.9. The maximum atomic E-state index is 12.6. The molecule has 3 rings (SSSR count). The zero-order valence-electron chi connectivity index (χ0n) is 15.7. The number of carbonyl (C=O) groups is 2. The molecule has 0 radical (unpaired) electrons. The van der Waals surface area contributed by atoms with Crippen LogP contribution in [0, 0.1) is 5.92 Å². The smallest absolute Gasteiger partial charge is 0.251 e. The Kier molecular flexibility index (Phi) is 6.27. The maximum Gasteiger partial charge on any atom is 0.251 e. The summed E-state index contributed by atoms with van der Waals surface area (Å²) in [5, 5.41) is 3.08. The Hall–Kier alpha value is -1.92. The van der Waals surface area contributed by atoms with Crippen molar-refractivity contribution in [1.29, 1.82) is 0 Å². The van der Waals surface area contributed by atoms with E-state index < -0.39 is 0 Å². The summed E-state index contributed by atoms with van der Waals surface area (Å²) in [6.07, 6.45) is 1.47. The normalized spacial score (nSPS) is 19.8. The van der Waals surface area contributed by atoms with Crippen molar-refractivity contribution in [2.24, 2.45) is 5.92 Å². The van der Waals surface area contributed by atoms with Gasteiger partial charge in [0.05, 0.1) is 13.2 Å². The number of morpholine rings is 1. The van der Waals surface area contributed by atoms with Crippen LogP contribution in [-0.4, -0.2) is 62.1 Å². The van der Waals surface area contributed by atoms with Crippen LogP contribution >= 0.6 is 0 Å². The topological polar surface area (TPSA) is 61.9 Å². The Balaban J connectivity index is 1.62. The number of hydrogen-bond acceptors (Lipinski definition) is 4. The predicted octanol–water partition coefficient (Wildman–Crippen LogP) is 1.90. The lowest BCUT2D eigenvalue weighted by Crippen LogP contribution is -2.51. The van der Waals surface area contributed by atoms with Crippen molar-refractivity contribution in [1.82, 2.24) is 10.2 Å². The van der Waals surface area contributed by atoms with E-state index in [4.69, 9.17) is 4.74 Å². The number of anilines is 1. The van der Waals surface area contributed by atoms with E-state index in [9.17, 15) is 9.59 Å². The minimum absolute atomic E-state index is 0.0857. The first-order chi connectivity index (χ1) is 12.6. The lowest BCUT2D eigenvalue weighted by atomic mass is 10.0. The van der Waals surface area contributed by atoms with Gasteiger partial charge in [0.1, 0.15) is 0 Å². The van der Waals surface area contributed by atoms with E-state index in [-0.39, 0.29) is 11.8 Å². The highest BCUT2D eigenvalue weighted by Gasteiger charge is 2.25. The zero-order valence-corrected chi connectivity index (χ0v) is 15.7. The highest BCUT2D eigenvalue weighted by molar-refractivity contribution is 5.99. The van der Waals surface area contributed by atoms with Crippen molar-refractivity contribution in [3.05, 3.63) is 29.8 Å². The maximum absolute atomic E-state index is 12.6. The van der Waals surface area contributed by atoms with Crippen LogP contribution in [0.5, 0.6) is 0 Å². The number of amides is 2. The first-order valence-electron chi connectivity index (χ1n) is 9.56. The third-order valence-corrected chi connectivity index (χ3v) is 5.25. The largest absolute Gasteiger partial charge is 0.379 e. The molecule has 2 heterocycles. The minimum atomic E-state index is -0.0857. The van der Waals surface area contributed by atoms with Gasteiger partial charge in [0.15, 0.2) is 0 Å². The molecule has 1 N–H and O–H groups in total. The molecule has 1 unspecified atom stereocenters. The third-order valence-electron chi connectivity index (χ3n) is 5.25. The summed E-state index contributed by atoms with van der Waals surface area (Å²) in [6.45, 7) is 9.04. The lowest BCUT2D eigenvalue weighted by molar-refractivity contribution is -0.117. The van der Waals surface area contributed by atoms with Crippen LogP contribution in [-0.2, 0) is 9.53 Å². The molecule has 1 atom stereocenters. The second kappa shape index (κ2) is 8.64. The van der Waals surface area contributed by atoms with Gasteiger partial charge in [-0.1, -0.05) is 19.9 Å². The van der Waals surface area contributed by atoms with Crippen molar-refractivity contribution < 1.29 is 14.3 Å². The summed E-state index contributed by atoms with van der Waals surface area (Å²) >= 11 is 0. The van der Waals surface area contributed by atoms with E-state index in [0.29, 0.717) is 30.5 Å². The minimum Gasteiger partial charge on any atom is -0.379 e. The molecule has 0 saturated carbocycles. The second-order valence-electron chi connectivity index (χ2n) is 7.37. The fraction of sp³-hybridized carbons (Fsp3) is 0.600. The van der Waals surface area contributed by atoms with E-state index in [0.717, 1.165) is 45.0 Å². The molecule has 142 valence electrons. The first-order valence-corrected chi connectivity index (χ1v) is 9.56. The summed E-state index contributed by atoms with van der Waals surface area (Å²) in [7, 11) is 0. The lowest BCUT2D eigenvalue weighted by Gasteiger charge is -2.36. The van der Waals surface area contributed by atoms with E-state index in [1.165, 1.54) is 0 Å². The zero-order chi connectivity index (χ0) is 18.5. The summed E-state index contributed by atoms with van der Waals surface area (Å²) < 4.78 is 5.43. The van der Waals surface area contributed by atoms with Crippen LogP contribution in [0.3, 0.4) is 0 Å². The SMILES string of the molecule is CC(C)C(CNC(=O)c1cccc(N2CCCC2=O)c1)N1CCOCC1. The van der Waals surface area contributed by atoms with Crippen LogP contribution < -0.4 is 10.2 Å². The molecule has 0 bridgehead atoms. The number of nitrogens with zero attached hydrogens (tertiary/aromatic N) is 2. The van der Waals surface area contributed by atoms with Crippen LogP contribution in [0.2, 0.25) is 0 Å². The monoisotopic (exact) mass is 359 g/mol. The van der Waals surface area contributed by atoms with E-state index >= 15 is 0 Å². The standard InChI is InChI=1S/C20H29N3O3/c1-15(2)18(22-9-11-26-12-10-22)14-21-20(25)16-5-3-6-17(13-16)23-8-4-7-19(23)24/h3,5-6,13,15,18H,4,7-12,14H2,1-2H3,(H,21,25). The van der Waals surface area contributed by atoms with E-state index in [1.807, 2.05) is 18.2 Å². The van der Waals surface area contributed by atoms with Crippen LogP contribution in [0.25, 0.3) is 0 Å². The van der Waals surface area contributed by atoms with Crippen molar-refractivity contribution in [2.75, 3.05) is 44.3 Å². The molecular weight excluding hydrogens is 330 g/mol. The Morgan fingerprint density at radius 1 is 1.23 bits per heavy atom. The molecule has 2 aliphatic rings. The van der Waals surface area contributed by atoms with Crippen LogP contribution in [0.15, 0.2) is 24.3 Å². The Bertz CT molecular complexity index is 641. The van der Waals surface area contributed by atoms with Gasteiger partial charge in [0.2, 0.25) is 5.91 Å². The number of hydrogen-bond donors (Lipinski definition) is 1. The molecule has 26 heavy (non-hydrogen) atoms. The number of ether oxygens (including phenoxy) is 1. The Morgan fingerprint density at radius 3 is 2.65 bits per heavy atom. The molecule has 1 aromatic rings. The molecule has 0 spiro atoms. The summed E-state index contributed by atoms with van der Waals surface area (Å²) in [4.78, 5) is 28.7. The second-order valence-corrected chi connectivity index (χ2v) is 7.37. The van der Waals surface area contributed by atoms with E-state index in [2.05, 4.69) is 24.1 Å². The molecule has 6 nitrogen and oxygen atoms in total. The number of nitrogens with one attached hydrogen (secondary N) is 1. The number of carbonyl (C=O) groups excluding carboxylic acids is 2. The molecular formula is C20H29N3O3. The fourth-order valence-electron chi connectivity index (χ4n) is 3.73.